The van der Waals surface area contributed by atoms with Gasteiger partial charge in [-0.3, -0.25) is 0 Å². The molecular weight excluding hydrogens is 324 g/mol. The van der Waals surface area contributed by atoms with Crippen LogP contribution in [-0.2, 0) is 6.42 Å². The summed E-state index contributed by atoms with van der Waals surface area (Å²) in [5, 5.41) is 16.8. The summed E-state index contributed by atoms with van der Waals surface area (Å²) in [6.07, 6.45) is 1.81. The molecule has 3 rings (SSSR count). The average molecular weight is 344 g/mol. The Morgan fingerprint density at radius 3 is 2.92 bits per heavy atom. The molecule has 126 valence electrons. The number of hydrogen-bond acceptors (Lipinski definition) is 7. The quantitative estimate of drug-likeness (QED) is 0.633. The van der Waals surface area contributed by atoms with Crippen LogP contribution < -0.4 is 0 Å². The van der Waals surface area contributed by atoms with Gasteiger partial charge < -0.3 is 4.52 Å². The third-order valence-electron chi connectivity index (χ3n) is 3.83. The largest absolute Gasteiger partial charge is 0.338 e. The smallest absolute Gasteiger partial charge is 0.239 e. The Labute approximate surface area is 144 Å². The van der Waals surface area contributed by atoms with E-state index in [0.29, 0.717) is 11.0 Å². The van der Waals surface area contributed by atoms with Crippen LogP contribution in [0.1, 0.15) is 48.4 Å². The second kappa shape index (κ2) is 7.12. The second-order valence-corrected chi connectivity index (χ2v) is 6.96. The lowest BCUT2D eigenvalue weighted by Crippen LogP contribution is -2.03. The van der Waals surface area contributed by atoms with Gasteiger partial charge in [-0.15, -0.1) is 5.10 Å². The molecule has 0 radical (unpaired) electrons. The molecule has 0 aliphatic heterocycles. The van der Waals surface area contributed by atoms with Gasteiger partial charge in [0.2, 0.25) is 11.0 Å². The lowest BCUT2D eigenvalue weighted by Gasteiger charge is -2.10. The van der Waals surface area contributed by atoms with E-state index in [9.17, 15) is 0 Å². The normalized spacial score (nSPS) is 12.5. The van der Waals surface area contributed by atoms with Gasteiger partial charge in [0.25, 0.3) is 0 Å². The maximum absolute atomic E-state index is 5.36. The molecule has 7 nitrogen and oxygen atoms in total. The third kappa shape index (κ3) is 3.33. The van der Waals surface area contributed by atoms with Crippen LogP contribution in [0.5, 0.6) is 0 Å². The van der Waals surface area contributed by atoms with E-state index in [1.807, 2.05) is 19.1 Å². The fourth-order valence-corrected chi connectivity index (χ4v) is 3.17. The van der Waals surface area contributed by atoms with Crippen LogP contribution in [0, 0.1) is 13.8 Å². The van der Waals surface area contributed by atoms with Crippen LogP contribution in [0.3, 0.4) is 0 Å². The Morgan fingerprint density at radius 1 is 1.29 bits per heavy atom. The predicted molar refractivity (Wildman–Crippen MR) is 91.2 cm³/mol. The number of aryl methyl sites for hydroxylation is 2. The molecule has 0 aliphatic carbocycles. The summed E-state index contributed by atoms with van der Waals surface area (Å²) in [5.41, 5.74) is 3.34. The molecule has 0 saturated carbocycles. The number of hydrogen-bond donors (Lipinski definition) is 0. The van der Waals surface area contributed by atoms with Crippen molar-refractivity contribution in [2.75, 3.05) is 0 Å². The Balaban J connectivity index is 1.83. The zero-order valence-corrected chi connectivity index (χ0v) is 15.0. The minimum Gasteiger partial charge on any atom is -0.338 e. The van der Waals surface area contributed by atoms with Gasteiger partial charge in [-0.05, 0) is 54.8 Å². The van der Waals surface area contributed by atoms with Crippen LogP contribution >= 0.6 is 11.8 Å². The van der Waals surface area contributed by atoms with Crippen molar-refractivity contribution in [3.63, 3.8) is 0 Å². The first-order chi connectivity index (χ1) is 11.6. The molecule has 24 heavy (non-hydrogen) atoms. The van der Waals surface area contributed by atoms with E-state index in [2.05, 4.69) is 52.5 Å². The van der Waals surface area contributed by atoms with Crippen molar-refractivity contribution in [2.24, 2.45) is 0 Å². The van der Waals surface area contributed by atoms with E-state index < -0.39 is 0 Å². The van der Waals surface area contributed by atoms with Crippen LogP contribution in [0.2, 0.25) is 0 Å². The summed E-state index contributed by atoms with van der Waals surface area (Å²) >= 11 is 1.50. The van der Waals surface area contributed by atoms with Crippen LogP contribution in [0.4, 0.5) is 0 Å². The molecule has 2 aromatic heterocycles. The number of nitrogens with zero attached hydrogens (tertiary/aromatic N) is 6. The highest BCUT2D eigenvalue weighted by Gasteiger charge is 2.20. The molecule has 0 spiro atoms. The number of aromatic nitrogens is 6. The maximum Gasteiger partial charge on any atom is 0.239 e. The lowest BCUT2D eigenvalue weighted by molar-refractivity contribution is 0.374. The number of thioether (sulfide) groups is 1. The van der Waals surface area contributed by atoms with Crippen molar-refractivity contribution in [3.05, 3.63) is 41.0 Å². The van der Waals surface area contributed by atoms with Gasteiger partial charge in [-0.1, -0.05) is 36.0 Å². The summed E-state index contributed by atoms with van der Waals surface area (Å²) in [7, 11) is 0. The zero-order chi connectivity index (χ0) is 17.1. The Morgan fingerprint density at radius 2 is 2.12 bits per heavy atom. The van der Waals surface area contributed by atoms with Crippen molar-refractivity contribution in [2.45, 2.75) is 50.9 Å². The molecule has 1 atom stereocenters. The highest BCUT2D eigenvalue weighted by Crippen LogP contribution is 2.33. The molecule has 0 fully saturated rings. The lowest BCUT2D eigenvalue weighted by atomic mass is 10.1. The van der Waals surface area contributed by atoms with Gasteiger partial charge in [-0.25, -0.2) is 0 Å². The molecule has 0 saturated heterocycles. The fourth-order valence-electron chi connectivity index (χ4n) is 2.33. The molecule has 3 aromatic rings. The van der Waals surface area contributed by atoms with E-state index in [0.717, 1.165) is 29.9 Å². The molecule has 1 aromatic carbocycles. The fraction of sp³-hybridized carbons (Fsp3) is 0.438. The van der Waals surface area contributed by atoms with Crippen LogP contribution in [-0.4, -0.2) is 30.3 Å². The summed E-state index contributed by atoms with van der Waals surface area (Å²) in [6, 6.07) is 6.10. The van der Waals surface area contributed by atoms with Gasteiger partial charge in [0.05, 0.1) is 10.9 Å². The van der Waals surface area contributed by atoms with Gasteiger partial charge in [0, 0.05) is 6.42 Å². The Hall–Kier alpha value is -2.22. The summed E-state index contributed by atoms with van der Waals surface area (Å²) in [5.74, 6) is 1.34. The minimum absolute atomic E-state index is 0.0297. The summed E-state index contributed by atoms with van der Waals surface area (Å²) < 4.78 is 7.11. The molecule has 0 bridgehead atoms. The monoisotopic (exact) mass is 344 g/mol. The first kappa shape index (κ1) is 16.6. The Bertz CT molecular complexity index is 828. The first-order valence-corrected chi connectivity index (χ1v) is 8.82. The maximum atomic E-state index is 5.36. The van der Waals surface area contributed by atoms with E-state index in [-0.39, 0.29) is 5.25 Å². The summed E-state index contributed by atoms with van der Waals surface area (Å²) in [4.78, 5) is 4.44. The Kier molecular flexibility index (Phi) is 4.94. The van der Waals surface area contributed by atoms with Crippen LogP contribution in [0.25, 0.3) is 5.69 Å². The standard InChI is InChI=1S/C16H20N6OS/c1-5-7-14-17-15(23-19-14)12(4)24-16-18-20-21-22(16)13-9-6-8-10(2)11(13)3/h6,8-9,12H,5,7H2,1-4H3. The number of rotatable bonds is 6. The highest BCUT2D eigenvalue weighted by atomic mass is 32.2. The van der Waals surface area contributed by atoms with Gasteiger partial charge in [0.15, 0.2) is 5.82 Å². The van der Waals surface area contributed by atoms with E-state index >= 15 is 0 Å². The summed E-state index contributed by atoms with van der Waals surface area (Å²) in [6.45, 7) is 8.24. The highest BCUT2D eigenvalue weighted by molar-refractivity contribution is 7.99. The van der Waals surface area contributed by atoms with Crippen LogP contribution in [0.15, 0.2) is 27.9 Å². The van der Waals surface area contributed by atoms with Crippen molar-refractivity contribution >= 4 is 11.8 Å². The minimum atomic E-state index is -0.0297. The van der Waals surface area contributed by atoms with Gasteiger partial charge >= 0.3 is 0 Å². The second-order valence-electron chi connectivity index (χ2n) is 5.65. The van der Waals surface area contributed by atoms with Crippen molar-refractivity contribution < 1.29 is 4.52 Å². The van der Waals surface area contributed by atoms with E-state index in [4.69, 9.17) is 4.52 Å². The molecule has 1 unspecified atom stereocenters. The zero-order valence-electron chi connectivity index (χ0n) is 14.2. The molecule has 0 N–H and O–H groups in total. The number of benzene rings is 1. The van der Waals surface area contributed by atoms with Gasteiger partial charge in [0.1, 0.15) is 0 Å². The first-order valence-electron chi connectivity index (χ1n) is 7.94. The third-order valence-corrected chi connectivity index (χ3v) is 4.85. The molecule has 8 heteroatoms. The van der Waals surface area contributed by atoms with Crippen molar-refractivity contribution in [3.8, 4) is 5.69 Å². The van der Waals surface area contributed by atoms with Crippen molar-refractivity contribution in [1.29, 1.82) is 0 Å². The van der Waals surface area contributed by atoms with Crippen molar-refractivity contribution in [1.82, 2.24) is 30.3 Å². The van der Waals surface area contributed by atoms with E-state index in [1.165, 1.54) is 17.3 Å². The van der Waals surface area contributed by atoms with E-state index in [1.54, 1.807) is 4.68 Å². The van der Waals surface area contributed by atoms with Gasteiger partial charge in [-0.2, -0.15) is 9.67 Å². The topological polar surface area (TPSA) is 82.5 Å². The molecular formula is C16H20N6OS. The number of tetrazole rings is 1. The SMILES string of the molecule is CCCc1noc(C(C)Sc2nnnn2-c2cccc(C)c2C)n1. The molecule has 0 aliphatic rings. The average Bonchev–Trinajstić information content (AvgIpc) is 3.20. The molecule has 0 amide bonds. The predicted octanol–water partition coefficient (Wildman–Crippen LogP) is 3.47. The molecule has 2 heterocycles.